The van der Waals surface area contributed by atoms with Gasteiger partial charge in [-0.1, -0.05) is 0 Å². The second-order valence-electron chi connectivity index (χ2n) is 3.08. The van der Waals surface area contributed by atoms with E-state index in [1.807, 2.05) is 0 Å². The quantitative estimate of drug-likeness (QED) is 0.567. The predicted molar refractivity (Wildman–Crippen MR) is 56.9 cm³/mol. The van der Waals surface area contributed by atoms with Gasteiger partial charge in [0.05, 0.1) is 10.7 Å². The van der Waals surface area contributed by atoms with E-state index in [4.69, 9.17) is 0 Å². The Morgan fingerprint density at radius 3 is 2.44 bits per heavy atom. The summed E-state index contributed by atoms with van der Waals surface area (Å²) in [5.74, 6) is 0.113. The maximum Gasteiger partial charge on any atom is 0.305 e. The van der Waals surface area contributed by atoms with E-state index in [-0.39, 0.29) is 23.9 Å². The van der Waals surface area contributed by atoms with Crippen LogP contribution in [0.25, 0.3) is 0 Å². The molecule has 1 aromatic heterocycles. The fourth-order valence-electron chi connectivity index (χ4n) is 0.855. The summed E-state index contributed by atoms with van der Waals surface area (Å²) in [6.07, 6.45) is 3.22. The molecule has 88 valence electrons. The normalized spacial score (nSPS) is 11.1. The summed E-state index contributed by atoms with van der Waals surface area (Å²) in [5, 5.41) is 12.9. The summed E-state index contributed by atoms with van der Waals surface area (Å²) < 4.78 is 21.6. The summed E-state index contributed by atoms with van der Waals surface area (Å²) in [7, 11) is -3.04. The molecular weight excluding hydrogens is 236 g/mol. The van der Waals surface area contributed by atoms with Crippen molar-refractivity contribution in [2.45, 2.75) is 0 Å². The molecule has 1 aromatic rings. The zero-order valence-corrected chi connectivity index (χ0v) is 9.27. The Morgan fingerprint density at radius 2 is 2.00 bits per heavy atom. The minimum absolute atomic E-state index is 0.0483. The highest BCUT2D eigenvalue weighted by Gasteiger charge is 2.07. The van der Waals surface area contributed by atoms with Crippen LogP contribution >= 0.6 is 0 Å². The van der Waals surface area contributed by atoms with E-state index in [0.717, 1.165) is 18.6 Å². The zero-order valence-electron chi connectivity index (χ0n) is 8.45. The highest BCUT2D eigenvalue weighted by atomic mass is 32.2. The van der Waals surface area contributed by atoms with Crippen molar-refractivity contribution in [3.63, 3.8) is 0 Å². The van der Waals surface area contributed by atoms with Gasteiger partial charge in [-0.3, -0.25) is 10.1 Å². The molecule has 0 aliphatic heterocycles. The standard InChI is InChI=1S/C7H10N4O4S/c1-16(14,15)3-2-8-7-9-4-6(5-10-7)11(12)13/h4-5H,2-3H2,1H3,(H,8,9,10). The molecule has 1 N–H and O–H groups in total. The van der Waals surface area contributed by atoms with Crippen molar-refractivity contribution in [2.75, 3.05) is 23.9 Å². The SMILES string of the molecule is CS(=O)(=O)CCNc1ncc([N+](=O)[O-])cn1. The molecule has 0 unspecified atom stereocenters. The number of hydrogen-bond donors (Lipinski definition) is 1. The first-order valence-electron chi connectivity index (χ1n) is 4.26. The van der Waals surface area contributed by atoms with Gasteiger partial charge >= 0.3 is 5.69 Å². The van der Waals surface area contributed by atoms with E-state index in [1.54, 1.807) is 0 Å². The van der Waals surface area contributed by atoms with Crippen LogP contribution in [0.15, 0.2) is 12.4 Å². The van der Waals surface area contributed by atoms with Crippen LogP contribution in [0.4, 0.5) is 11.6 Å². The molecule has 0 fully saturated rings. The molecule has 0 aliphatic rings. The van der Waals surface area contributed by atoms with Crippen LogP contribution in [0.2, 0.25) is 0 Å². The number of hydrogen-bond acceptors (Lipinski definition) is 7. The van der Waals surface area contributed by atoms with E-state index in [2.05, 4.69) is 15.3 Å². The topological polar surface area (TPSA) is 115 Å². The van der Waals surface area contributed by atoms with Crippen LogP contribution in [-0.4, -0.2) is 41.9 Å². The maximum absolute atomic E-state index is 10.8. The average Bonchev–Trinajstić information content (AvgIpc) is 2.16. The third kappa shape index (κ3) is 4.17. The van der Waals surface area contributed by atoms with Gasteiger partial charge in [0.1, 0.15) is 22.2 Å². The first-order chi connectivity index (χ1) is 7.38. The van der Waals surface area contributed by atoms with Gasteiger partial charge in [0.25, 0.3) is 0 Å². The van der Waals surface area contributed by atoms with Crippen LogP contribution in [0.3, 0.4) is 0 Å². The van der Waals surface area contributed by atoms with Gasteiger partial charge in [0, 0.05) is 12.8 Å². The fourth-order valence-corrected chi connectivity index (χ4v) is 1.33. The molecule has 0 aliphatic carbocycles. The van der Waals surface area contributed by atoms with E-state index >= 15 is 0 Å². The van der Waals surface area contributed by atoms with Gasteiger partial charge in [-0.05, 0) is 0 Å². The Kier molecular flexibility index (Phi) is 3.72. The first-order valence-corrected chi connectivity index (χ1v) is 6.32. The van der Waals surface area contributed by atoms with Gasteiger partial charge < -0.3 is 5.32 Å². The molecule has 8 nitrogen and oxygen atoms in total. The average molecular weight is 246 g/mol. The third-order valence-corrected chi connectivity index (χ3v) is 2.55. The number of aromatic nitrogens is 2. The van der Waals surface area contributed by atoms with Gasteiger partial charge in [-0.15, -0.1) is 0 Å². The molecule has 0 aromatic carbocycles. The summed E-state index contributed by atoms with van der Waals surface area (Å²) in [6.45, 7) is 0.163. The van der Waals surface area contributed by atoms with E-state index in [1.165, 1.54) is 0 Å². The molecule has 0 amide bonds. The Morgan fingerprint density at radius 1 is 1.44 bits per heavy atom. The second-order valence-corrected chi connectivity index (χ2v) is 5.34. The number of nitrogens with one attached hydrogen (secondary N) is 1. The van der Waals surface area contributed by atoms with Crippen LogP contribution in [0, 0.1) is 10.1 Å². The number of nitrogens with zero attached hydrogens (tertiary/aromatic N) is 3. The van der Waals surface area contributed by atoms with E-state index < -0.39 is 14.8 Å². The Labute approximate surface area is 91.8 Å². The van der Waals surface area contributed by atoms with Gasteiger partial charge in [0.2, 0.25) is 5.95 Å². The number of rotatable bonds is 5. The van der Waals surface area contributed by atoms with Crippen molar-refractivity contribution >= 4 is 21.5 Å². The second kappa shape index (κ2) is 4.84. The molecule has 0 saturated carbocycles. The lowest BCUT2D eigenvalue weighted by molar-refractivity contribution is -0.385. The third-order valence-electron chi connectivity index (χ3n) is 1.60. The van der Waals surface area contributed by atoms with Crippen molar-refractivity contribution in [1.29, 1.82) is 0 Å². The lowest BCUT2D eigenvalue weighted by Gasteiger charge is -2.02. The van der Waals surface area contributed by atoms with Crippen LogP contribution in [0.1, 0.15) is 0 Å². The molecule has 0 radical (unpaired) electrons. The molecule has 0 spiro atoms. The summed E-state index contributed by atoms with van der Waals surface area (Å²) in [5.41, 5.74) is -0.214. The van der Waals surface area contributed by atoms with Crippen molar-refractivity contribution in [3.8, 4) is 0 Å². The lowest BCUT2D eigenvalue weighted by atomic mass is 10.5. The molecule has 9 heteroatoms. The molecule has 1 heterocycles. The molecular formula is C7H10N4O4S. The lowest BCUT2D eigenvalue weighted by Crippen LogP contribution is -2.15. The highest BCUT2D eigenvalue weighted by molar-refractivity contribution is 7.90. The molecule has 1 rings (SSSR count). The van der Waals surface area contributed by atoms with Crippen LogP contribution in [-0.2, 0) is 9.84 Å². The molecule has 16 heavy (non-hydrogen) atoms. The van der Waals surface area contributed by atoms with E-state index in [9.17, 15) is 18.5 Å². The predicted octanol–water partition coefficient (Wildman–Crippen LogP) is -0.159. The van der Waals surface area contributed by atoms with Crippen molar-refractivity contribution in [3.05, 3.63) is 22.5 Å². The highest BCUT2D eigenvalue weighted by Crippen LogP contribution is 2.07. The summed E-state index contributed by atoms with van der Waals surface area (Å²) >= 11 is 0. The van der Waals surface area contributed by atoms with Crippen molar-refractivity contribution in [1.82, 2.24) is 9.97 Å². The summed E-state index contributed by atoms with van der Waals surface area (Å²) in [6, 6.07) is 0. The van der Waals surface area contributed by atoms with Gasteiger partial charge in [-0.2, -0.15) is 0 Å². The minimum Gasteiger partial charge on any atom is -0.353 e. The maximum atomic E-state index is 10.8. The Bertz CT molecular complexity index is 470. The molecule has 0 bridgehead atoms. The smallest absolute Gasteiger partial charge is 0.305 e. The Hall–Kier alpha value is -1.77. The van der Waals surface area contributed by atoms with E-state index in [0.29, 0.717) is 0 Å². The van der Waals surface area contributed by atoms with Crippen molar-refractivity contribution < 1.29 is 13.3 Å². The fraction of sp³-hybridized carbons (Fsp3) is 0.429. The molecule has 0 saturated heterocycles. The largest absolute Gasteiger partial charge is 0.353 e. The van der Waals surface area contributed by atoms with Gasteiger partial charge in [0.15, 0.2) is 0 Å². The zero-order chi connectivity index (χ0) is 12.2. The number of nitro groups is 1. The number of anilines is 1. The van der Waals surface area contributed by atoms with Crippen molar-refractivity contribution in [2.24, 2.45) is 0 Å². The number of sulfone groups is 1. The molecule has 0 atom stereocenters. The summed E-state index contributed by atoms with van der Waals surface area (Å²) in [4.78, 5) is 17.0. The monoisotopic (exact) mass is 246 g/mol. The minimum atomic E-state index is -3.04. The van der Waals surface area contributed by atoms with Crippen LogP contribution in [0.5, 0.6) is 0 Å². The Balaban J connectivity index is 2.53. The van der Waals surface area contributed by atoms with Crippen LogP contribution < -0.4 is 5.32 Å². The van der Waals surface area contributed by atoms with Gasteiger partial charge in [-0.25, -0.2) is 18.4 Å². The first kappa shape index (κ1) is 12.3.